The number of hydrogen-bond acceptors (Lipinski definition) is 4. The van der Waals surface area contributed by atoms with Crippen molar-refractivity contribution >= 4 is 22.7 Å². The number of para-hydroxylation sites is 1. The zero-order valence-corrected chi connectivity index (χ0v) is 11.7. The van der Waals surface area contributed by atoms with Crippen LogP contribution in [0.25, 0.3) is 10.9 Å². The molecule has 1 saturated heterocycles. The molecule has 3 rings (SSSR count). The van der Waals surface area contributed by atoms with Crippen molar-refractivity contribution in [1.82, 2.24) is 14.9 Å². The number of nitrogens with one attached hydrogen (secondary N) is 1. The Kier molecular flexibility index (Phi) is 3.57. The molecule has 100 valence electrons. The van der Waals surface area contributed by atoms with Crippen LogP contribution < -0.4 is 5.56 Å². The largest absolute Gasteiger partial charge is 0.309 e. The summed E-state index contributed by atoms with van der Waals surface area (Å²) in [6.45, 7) is 4.23. The number of thioether (sulfide) groups is 1. The molecule has 1 aromatic carbocycles. The third-order valence-corrected chi connectivity index (χ3v) is 4.56. The van der Waals surface area contributed by atoms with E-state index in [4.69, 9.17) is 0 Å². The molecule has 5 heteroatoms. The monoisotopic (exact) mass is 275 g/mol. The van der Waals surface area contributed by atoms with Gasteiger partial charge < -0.3 is 4.98 Å². The first kappa shape index (κ1) is 12.7. The fourth-order valence-corrected chi connectivity index (χ4v) is 3.37. The Morgan fingerprint density at radius 3 is 2.84 bits per heavy atom. The summed E-state index contributed by atoms with van der Waals surface area (Å²) in [4.78, 5) is 22.0. The van der Waals surface area contributed by atoms with E-state index in [1.807, 2.05) is 36.0 Å². The maximum absolute atomic E-state index is 12.1. The summed E-state index contributed by atoms with van der Waals surface area (Å²) < 4.78 is 0. The van der Waals surface area contributed by atoms with Gasteiger partial charge in [0.1, 0.15) is 5.82 Å². The smallest absolute Gasteiger partial charge is 0.258 e. The van der Waals surface area contributed by atoms with Gasteiger partial charge in [-0.3, -0.25) is 9.69 Å². The summed E-state index contributed by atoms with van der Waals surface area (Å²) >= 11 is 1.98. The molecular formula is C14H17N3OS. The van der Waals surface area contributed by atoms with Gasteiger partial charge in [-0.05, 0) is 19.1 Å². The van der Waals surface area contributed by atoms with Crippen LogP contribution in [-0.2, 0) is 0 Å². The third-order valence-electron chi connectivity index (χ3n) is 3.62. The second-order valence-electron chi connectivity index (χ2n) is 4.79. The molecule has 2 heterocycles. The number of hydrogen-bond donors (Lipinski definition) is 1. The molecule has 1 N–H and O–H groups in total. The van der Waals surface area contributed by atoms with Crippen molar-refractivity contribution < 1.29 is 0 Å². The topological polar surface area (TPSA) is 49.0 Å². The highest BCUT2D eigenvalue weighted by Gasteiger charge is 2.20. The van der Waals surface area contributed by atoms with Crippen LogP contribution in [0.2, 0.25) is 0 Å². The Balaban J connectivity index is 1.98. The SMILES string of the molecule is CC(c1nc2ccccc2c(=O)[nH]1)N1CCSCC1. The predicted octanol–water partition coefficient (Wildman–Crippen LogP) is 2.03. The van der Waals surface area contributed by atoms with Crippen LogP contribution in [0.5, 0.6) is 0 Å². The van der Waals surface area contributed by atoms with Crippen molar-refractivity contribution in [1.29, 1.82) is 0 Å². The normalized spacial score (nSPS) is 18.6. The minimum Gasteiger partial charge on any atom is -0.309 e. The molecule has 1 aliphatic heterocycles. The lowest BCUT2D eigenvalue weighted by Crippen LogP contribution is -2.36. The molecule has 0 saturated carbocycles. The van der Waals surface area contributed by atoms with E-state index in [2.05, 4.69) is 21.8 Å². The van der Waals surface area contributed by atoms with Gasteiger partial charge in [0.2, 0.25) is 0 Å². The predicted molar refractivity (Wildman–Crippen MR) is 79.7 cm³/mol. The zero-order chi connectivity index (χ0) is 13.2. The molecule has 0 amide bonds. The number of aromatic nitrogens is 2. The molecule has 0 aliphatic carbocycles. The molecular weight excluding hydrogens is 258 g/mol. The van der Waals surface area contributed by atoms with E-state index in [0.717, 1.165) is 35.9 Å². The van der Waals surface area contributed by atoms with E-state index >= 15 is 0 Å². The minimum atomic E-state index is -0.0427. The number of H-pyrrole nitrogens is 1. The van der Waals surface area contributed by atoms with E-state index in [1.165, 1.54) is 0 Å². The fourth-order valence-electron chi connectivity index (χ4n) is 2.44. The first-order chi connectivity index (χ1) is 9.25. The van der Waals surface area contributed by atoms with Gasteiger partial charge in [0.05, 0.1) is 16.9 Å². The summed E-state index contributed by atoms with van der Waals surface area (Å²) in [5, 5.41) is 0.660. The van der Waals surface area contributed by atoms with Gasteiger partial charge in [-0.2, -0.15) is 11.8 Å². The third kappa shape index (κ3) is 2.53. The molecule has 0 spiro atoms. The first-order valence-corrected chi connectivity index (χ1v) is 7.72. The summed E-state index contributed by atoms with van der Waals surface area (Å²) in [6.07, 6.45) is 0. The van der Waals surface area contributed by atoms with Crippen LogP contribution in [0.4, 0.5) is 0 Å². The van der Waals surface area contributed by atoms with Gasteiger partial charge in [0.25, 0.3) is 5.56 Å². The van der Waals surface area contributed by atoms with E-state index in [-0.39, 0.29) is 11.6 Å². The van der Waals surface area contributed by atoms with Crippen LogP contribution in [-0.4, -0.2) is 39.5 Å². The summed E-state index contributed by atoms with van der Waals surface area (Å²) in [7, 11) is 0. The summed E-state index contributed by atoms with van der Waals surface area (Å²) in [6, 6.07) is 7.66. The van der Waals surface area contributed by atoms with E-state index in [0.29, 0.717) is 5.39 Å². The Hall–Kier alpha value is -1.33. The maximum atomic E-state index is 12.1. The molecule has 1 aliphatic rings. The number of nitrogens with zero attached hydrogens (tertiary/aromatic N) is 2. The van der Waals surface area contributed by atoms with Crippen molar-refractivity contribution in [2.24, 2.45) is 0 Å². The van der Waals surface area contributed by atoms with Gasteiger partial charge in [-0.15, -0.1) is 0 Å². The second-order valence-corrected chi connectivity index (χ2v) is 6.02. The molecule has 1 fully saturated rings. The Morgan fingerprint density at radius 1 is 1.32 bits per heavy atom. The van der Waals surface area contributed by atoms with Gasteiger partial charge in [-0.25, -0.2) is 4.98 Å². The number of fused-ring (bicyclic) bond motifs is 1. The van der Waals surface area contributed by atoms with Crippen LogP contribution in [0.3, 0.4) is 0 Å². The Labute approximate surface area is 116 Å². The second kappa shape index (κ2) is 5.35. The molecule has 2 aromatic rings. The highest BCUT2D eigenvalue weighted by Crippen LogP contribution is 2.21. The summed E-state index contributed by atoms with van der Waals surface area (Å²) in [5.74, 6) is 3.08. The maximum Gasteiger partial charge on any atom is 0.258 e. The van der Waals surface area contributed by atoms with Crippen LogP contribution in [0.15, 0.2) is 29.1 Å². The molecule has 1 atom stereocenters. The van der Waals surface area contributed by atoms with E-state index in [9.17, 15) is 4.79 Å². The molecule has 1 aromatic heterocycles. The van der Waals surface area contributed by atoms with Gasteiger partial charge in [0, 0.05) is 24.6 Å². The lowest BCUT2D eigenvalue weighted by molar-refractivity contribution is 0.225. The average Bonchev–Trinajstić information content (AvgIpc) is 2.47. The molecule has 4 nitrogen and oxygen atoms in total. The van der Waals surface area contributed by atoms with E-state index < -0.39 is 0 Å². The molecule has 19 heavy (non-hydrogen) atoms. The lowest BCUT2D eigenvalue weighted by Gasteiger charge is -2.31. The van der Waals surface area contributed by atoms with Crippen molar-refractivity contribution in [2.45, 2.75) is 13.0 Å². The van der Waals surface area contributed by atoms with Gasteiger partial charge in [0.15, 0.2) is 0 Å². The number of aromatic amines is 1. The highest BCUT2D eigenvalue weighted by atomic mass is 32.2. The number of benzene rings is 1. The lowest BCUT2D eigenvalue weighted by atomic mass is 10.2. The van der Waals surface area contributed by atoms with Crippen LogP contribution in [0.1, 0.15) is 18.8 Å². The van der Waals surface area contributed by atoms with E-state index in [1.54, 1.807) is 0 Å². The molecule has 0 bridgehead atoms. The average molecular weight is 275 g/mol. The summed E-state index contributed by atoms with van der Waals surface area (Å²) in [5.41, 5.74) is 0.735. The Morgan fingerprint density at radius 2 is 2.05 bits per heavy atom. The van der Waals surface area contributed by atoms with Crippen molar-refractivity contribution in [3.63, 3.8) is 0 Å². The molecule has 1 unspecified atom stereocenters. The quantitative estimate of drug-likeness (QED) is 0.911. The van der Waals surface area contributed by atoms with Crippen LogP contribution >= 0.6 is 11.8 Å². The van der Waals surface area contributed by atoms with Gasteiger partial charge in [-0.1, -0.05) is 12.1 Å². The molecule has 0 radical (unpaired) electrons. The Bertz CT molecular complexity index is 634. The van der Waals surface area contributed by atoms with Crippen molar-refractivity contribution in [3.8, 4) is 0 Å². The number of rotatable bonds is 2. The highest BCUT2D eigenvalue weighted by molar-refractivity contribution is 7.99. The zero-order valence-electron chi connectivity index (χ0n) is 10.9. The van der Waals surface area contributed by atoms with Gasteiger partial charge >= 0.3 is 0 Å². The van der Waals surface area contributed by atoms with Crippen LogP contribution in [0, 0.1) is 0 Å². The standard InChI is InChI=1S/C14H17N3OS/c1-10(17-6-8-19-9-7-17)13-15-12-5-3-2-4-11(12)14(18)16-13/h2-5,10H,6-9H2,1H3,(H,15,16,18). The minimum absolute atomic E-state index is 0.0427. The fraction of sp³-hybridized carbons (Fsp3) is 0.429. The first-order valence-electron chi connectivity index (χ1n) is 6.56. The van der Waals surface area contributed by atoms with Crippen molar-refractivity contribution in [2.75, 3.05) is 24.6 Å². The van der Waals surface area contributed by atoms with Crippen molar-refractivity contribution in [3.05, 3.63) is 40.4 Å².